The molecule has 0 amide bonds. The molecule has 1 aromatic carbocycles. The Morgan fingerprint density at radius 3 is 1.94 bits per heavy atom. The molecule has 0 saturated heterocycles. The Kier molecular flexibility index (Phi) is 9.06. The van der Waals surface area contributed by atoms with Gasteiger partial charge in [-0.15, -0.1) is 0 Å². The Balaban J connectivity index is 0.000000302. The van der Waals surface area contributed by atoms with Gasteiger partial charge in [0, 0.05) is 7.11 Å². The summed E-state index contributed by atoms with van der Waals surface area (Å²) in [6.07, 6.45) is 0.857. The van der Waals surface area contributed by atoms with E-state index in [1.165, 1.54) is 18.2 Å². The number of aryl methyl sites for hydroxylation is 2. The minimum Gasteiger partial charge on any atom is -0.464 e. The van der Waals surface area contributed by atoms with E-state index in [1.807, 2.05) is 6.92 Å². The molecule has 1 rings (SSSR count). The zero-order valence-corrected chi connectivity index (χ0v) is 11.2. The van der Waals surface area contributed by atoms with Crippen LogP contribution in [0.4, 0.5) is 0 Å². The molecule has 0 saturated carbocycles. The second-order valence-corrected chi connectivity index (χ2v) is 3.81. The summed E-state index contributed by atoms with van der Waals surface area (Å²) in [5, 5.41) is 0. The average molecular weight is 238 g/mol. The van der Waals surface area contributed by atoms with Gasteiger partial charge in [0.25, 0.3) is 0 Å². The van der Waals surface area contributed by atoms with Crippen LogP contribution in [0.1, 0.15) is 24.5 Å². The first-order valence-electron chi connectivity index (χ1n) is 5.78. The number of hydrogen-bond acceptors (Lipinski definition) is 3. The lowest BCUT2D eigenvalue weighted by Gasteiger charge is -1.99. The summed E-state index contributed by atoms with van der Waals surface area (Å²) in [7, 11) is 1.47. The van der Waals surface area contributed by atoms with Crippen LogP contribution in [-0.2, 0) is 14.3 Å². The van der Waals surface area contributed by atoms with Crippen LogP contribution in [0.15, 0.2) is 24.3 Å². The van der Waals surface area contributed by atoms with E-state index in [-0.39, 0.29) is 12.6 Å². The van der Waals surface area contributed by atoms with E-state index in [0.717, 1.165) is 6.42 Å². The fourth-order valence-electron chi connectivity index (χ4n) is 1.01. The van der Waals surface area contributed by atoms with E-state index in [0.29, 0.717) is 6.61 Å². The first-order valence-corrected chi connectivity index (χ1v) is 5.78. The van der Waals surface area contributed by atoms with E-state index in [9.17, 15) is 4.79 Å². The van der Waals surface area contributed by atoms with Gasteiger partial charge in [-0.05, 0) is 20.3 Å². The third kappa shape index (κ3) is 9.57. The molecule has 0 aliphatic heterocycles. The van der Waals surface area contributed by atoms with Crippen molar-refractivity contribution in [2.45, 2.75) is 27.2 Å². The van der Waals surface area contributed by atoms with Crippen molar-refractivity contribution in [1.82, 2.24) is 0 Å². The van der Waals surface area contributed by atoms with Crippen LogP contribution < -0.4 is 0 Å². The molecule has 0 aliphatic carbocycles. The molecular weight excluding hydrogens is 216 g/mol. The molecule has 3 nitrogen and oxygen atoms in total. The molecule has 0 N–H and O–H groups in total. The van der Waals surface area contributed by atoms with E-state index in [1.54, 1.807) is 0 Å². The van der Waals surface area contributed by atoms with Gasteiger partial charge < -0.3 is 9.47 Å². The lowest BCUT2D eigenvalue weighted by molar-refractivity contribution is -0.147. The minimum atomic E-state index is -0.292. The van der Waals surface area contributed by atoms with Gasteiger partial charge in [-0.3, -0.25) is 0 Å². The third-order valence-corrected chi connectivity index (χ3v) is 1.95. The molecule has 0 bridgehead atoms. The predicted molar refractivity (Wildman–Crippen MR) is 69.0 cm³/mol. The number of carbonyl (C=O) groups is 1. The largest absolute Gasteiger partial charge is 0.464 e. The molecule has 3 heteroatoms. The highest BCUT2D eigenvalue weighted by Crippen LogP contribution is 1.99. The highest BCUT2D eigenvalue weighted by Gasteiger charge is 1.97. The fraction of sp³-hybridized carbons (Fsp3) is 0.500. The van der Waals surface area contributed by atoms with Gasteiger partial charge in [0.2, 0.25) is 0 Å². The number of hydrogen-bond donors (Lipinski definition) is 0. The quantitative estimate of drug-likeness (QED) is 0.757. The van der Waals surface area contributed by atoms with Crippen LogP contribution in [-0.4, -0.2) is 26.3 Å². The standard InChI is InChI=1S/C8H10.C6H12O3/c1-7-3-5-8(2)6-4-7;1-3-4-9-6(7)5-8-2/h3-6H,1-2H3;3-5H2,1-2H3. The van der Waals surface area contributed by atoms with Crippen molar-refractivity contribution in [1.29, 1.82) is 0 Å². The molecule has 0 aromatic heterocycles. The molecule has 0 radical (unpaired) electrons. The maximum atomic E-state index is 10.5. The molecule has 0 aliphatic rings. The summed E-state index contributed by atoms with van der Waals surface area (Å²) in [5.74, 6) is -0.292. The molecule has 0 atom stereocenters. The topological polar surface area (TPSA) is 35.5 Å². The van der Waals surface area contributed by atoms with Crippen molar-refractivity contribution in [2.75, 3.05) is 20.3 Å². The monoisotopic (exact) mass is 238 g/mol. The molecule has 0 fully saturated rings. The summed E-state index contributed by atoms with van der Waals surface area (Å²) in [4.78, 5) is 10.5. The first kappa shape index (κ1) is 15.7. The summed E-state index contributed by atoms with van der Waals surface area (Å²) >= 11 is 0. The second-order valence-electron chi connectivity index (χ2n) is 3.81. The van der Waals surface area contributed by atoms with Crippen LogP contribution in [0.3, 0.4) is 0 Å². The van der Waals surface area contributed by atoms with E-state index >= 15 is 0 Å². The van der Waals surface area contributed by atoms with E-state index in [4.69, 9.17) is 0 Å². The highest BCUT2D eigenvalue weighted by molar-refractivity contribution is 5.70. The zero-order valence-electron chi connectivity index (χ0n) is 11.2. The van der Waals surface area contributed by atoms with Gasteiger partial charge in [0.1, 0.15) is 6.61 Å². The van der Waals surface area contributed by atoms with Crippen LogP contribution in [0.2, 0.25) is 0 Å². The van der Waals surface area contributed by atoms with Gasteiger partial charge in [0.05, 0.1) is 6.61 Å². The summed E-state index contributed by atoms with van der Waals surface area (Å²) in [6.45, 7) is 6.68. The lowest BCUT2D eigenvalue weighted by Crippen LogP contribution is -2.11. The molecule has 96 valence electrons. The smallest absolute Gasteiger partial charge is 0.332 e. The maximum Gasteiger partial charge on any atom is 0.332 e. The Hall–Kier alpha value is -1.35. The summed E-state index contributed by atoms with van der Waals surface area (Å²) < 4.78 is 9.19. The zero-order chi connectivity index (χ0) is 13.1. The van der Waals surface area contributed by atoms with Crippen molar-refractivity contribution in [3.63, 3.8) is 0 Å². The highest BCUT2D eigenvalue weighted by atomic mass is 16.6. The molecule has 1 aromatic rings. The number of benzene rings is 1. The Labute approximate surface area is 104 Å². The normalized spacial score (nSPS) is 9.18. The number of carbonyl (C=O) groups excluding carboxylic acids is 1. The van der Waals surface area contributed by atoms with Crippen LogP contribution in [0, 0.1) is 13.8 Å². The van der Waals surface area contributed by atoms with Crippen molar-refractivity contribution in [2.24, 2.45) is 0 Å². The van der Waals surface area contributed by atoms with Gasteiger partial charge in [-0.2, -0.15) is 0 Å². The van der Waals surface area contributed by atoms with Crippen LogP contribution >= 0.6 is 0 Å². The number of esters is 1. The van der Waals surface area contributed by atoms with Crippen molar-refractivity contribution in [3.8, 4) is 0 Å². The second kappa shape index (κ2) is 9.85. The number of ether oxygens (including phenoxy) is 2. The van der Waals surface area contributed by atoms with Crippen LogP contribution in [0.5, 0.6) is 0 Å². The molecule has 0 heterocycles. The third-order valence-electron chi connectivity index (χ3n) is 1.95. The molecule has 0 spiro atoms. The van der Waals surface area contributed by atoms with E-state index in [2.05, 4.69) is 47.6 Å². The Morgan fingerprint density at radius 2 is 1.59 bits per heavy atom. The molecule has 17 heavy (non-hydrogen) atoms. The molecule has 0 unspecified atom stereocenters. The first-order chi connectivity index (χ1) is 8.10. The molecular formula is C14H22O3. The average Bonchev–Trinajstić information content (AvgIpc) is 2.32. The SMILES string of the molecule is CCCOC(=O)COC.Cc1ccc(C)cc1. The summed E-state index contributed by atoms with van der Waals surface area (Å²) in [6, 6.07) is 8.48. The van der Waals surface area contributed by atoms with Gasteiger partial charge in [0.15, 0.2) is 0 Å². The summed E-state index contributed by atoms with van der Waals surface area (Å²) in [5.41, 5.74) is 2.66. The van der Waals surface area contributed by atoms with Crippen molar-refractivity contribution >= 4 is 5.97 Å². The predicted octanol–water partition coefficient (Wildman–Crippen LogP) is 2.89. The maximum absolute atomic E-state index is 10.5. The van der Waals surface area contributed by atoms with Gasteiger partial charge in [-0.25, -0.2) is 4.79 Å². The number of rotatable bonds is 4. The van der Waals surface area contributed by atoms with Crippen molar-refractivity contribution in [3.05, 3.63) is 35.4 Å². The van der Waals surface area contributed by atoms with Crippen molar-refractivity contribution < 1.29 is 14.3 Å². The van der Waals surface area contributed by atoms with Gasteiger partial charge in [-0.1, -0.05) is 42.3 Å². The number of methoxy groups -OCH3 is 1. The Morgan fingerprint density at radius 1 is 1.12 bits per heavy atom. The fourth-order valence-corrected chi connectivity index (χ4v) is 1.01. The lowest BCUT2D eigenvalue weighted by atomic mass is 10.2. The minimum absolute atomic E-state index is 0.0556. The Bertz CT molecular complexity index is 283. The van der Waals surface area contributed by atoms with Gasteiger partial charge >= 0.3 is 5.97 Å². The van der Waals surface area contributed by atoms with E-state index < -0.39 is 0 Å². The van der Waals surface area contributed by atoms with Crippen LogP contribution in [0.25, 0.3) is 0 Å².